The molecular weight excluding hydrogens is 392 g/mol. The first-order valence-corrected chi connectivity index (χ1v) is 10.8. The highest BCUT2D eigenvalue weighted by atomic mass is 32.1. The number of carbonyl (C=O) groups is 1. The summed E-state index contributed by atoms with van der Waals surface area (Å²) in [5.41, 5.74) is 4.93. The molecule has 0 radical (unpaired) electrons. The second-order valence-corrected chi connectivity index (χ2v) is 8.32. The number of carboxylic acids is 1. The number of benzene rings is 1. The Kier molecular flexibility index (Phi) is 5.62. The van der Waals surface area contributed by atoms with E-state index in [1.165, 1.54) is 33.6 Å². The average Bonchev–Trinajstić information content (AvgIpc) is 3.39. The van der Waals surface area contributed by atoms with Crippen LogP contribution >= 0.6 is 22.7 Å². The van der Waals surface area contributed by atoms with Crippen LogP contribution in [0.15, 0.2) is 53.2 Å². The van der Waals surface area contributed by atoms with Gasteiger partial charge in [-0.05, 0) is 40.6 Å². The van der Waals surface area contributed by atoms with Gasteiger partial charge in [-0.15, -0.1) is 22.7 Å². The summed E-state index contributed by atoms with van der Waals surface area (Å²) in [6.07, 6.45) is 2.61. The summed E-state index contributed by atoms with van der Waals surface area (Å²) in [4.78, 5) is 13.8. The molecule has 1 unspecified atom stereocenters. The van der Waals surface area contributed by atoms with E-state index < -0.39 is 12.1 Å². The molecule has 3 aromatic rings. The van der Waals surface area contributed by atoms with Gasteiger partial charge in [0, 0.05) is 46.4 Å². The second kappa shape index (κ2) is 8.31. The van der Waals surface area contributed by atoms with Crippen molar-refractivity contribution in [1.29, 1.82) is 0 Å². The van der Waals surface area contributed by atoms with Crippen LogP contribution in [-0.4, -0.2) is 30.9 Å². The van der Waals surface area contributed by atoms with Gasteiger partial charge in [0.15, 0.2) is 6.10 Å². The lowest BCUT2D eigenvalue weighted by Crippen LogP contribution is -2.24. The van der Waals surface area contributed by atoms with Crippen LogP contribution in [0.4, 0.5) is 0 Å². The molecule has 1 aliphatic rings. The van der Waals surface area contributed by atoms with Crippen molar-refractivity contribution in [3.8, 4) is 16.9 Å². The summed E-state index contributed by atoms with van der Waals surface area (Å²) in [6.45, 7) is 0.597. The second-order valence-electron chi connectivity index (χ2n) is 6.49. The Morgan fingerprint density at radius 1 is 1.07 bits per heavy atom. The summed E-state index contributed by atoms with van der Waals surface area (Å²) in [7, 11) is 1.41. The zero-order chi connectivity index (χ0) is 19.5. The minimum Gasteiger partial charge on any atom is -0.493 e. The first-order valence-electron chi connectivity index (χ1n) is 9.01. The lowest BCUT2D eigenvalue weighted by atomic mass is 10.1. The van der Waals surface area contributed by atoms with Crippen molar-refractivity contribution < 1.29 is 19.4 Å². The third-order valence-corrected chi connectivity index (χ3v) is 6.64. The van der Waals surface area contributed by atoms with E-state index in [-0.39, 0.29) is 0 Å². The fraction of sp³-hybridized carbons (Fsp3) is 0.227. The zero-order valence-electron chi connectivity index (χ0n) is 15.4. The van der Waals surface area contributed by atoms with Crippen LogP contribution < -0.4 is 4.74 Å². The number of thiophene rings is 2. The van der Waals surface area contributed by atoms with E-state index >= 15 is 0 Å². The Hall–Kier alpha value is -2.41. The number of rotatable bonds is 8. The number of hydrogen-bond donors (Lipinski definition) is 1. The third kappa shape index (κ3) is 3.76. The van der Waals surface area contributed by atoms with Crippen molar-refractivity contribution in [2.24, 2.45) is 0 Å². The van der Waals surface area contributed by atoms with Gasteiger partial charge in [0.2, 0.25) is 0 Å². The first kappa shape index (κ1) is 18.9. The van der Waals surface area contributed by atoms with Crippen LogP contribution in [0.2, 0.25) is 0 Å². The first-order chi connectivity index (χ1) is 13.7. The van der Waals surface area contributed by atoms with Gasteiger partial charge in [0.05, 0.1) is 6.61 Å². The highest BCUT2D eigenvalue weighted by Gasteiger charge is 2.25. The van der Waals surface area contributed by atoms with Crippen molar-refractivity contribution in [2.75, 3.05) is 13.7 Å². The van der Waals surface area contributed by atoms with Crippen molar-refractivity contribution in [3.05, 3.63) is 68.6 Å². The van der Waals surface area contributed by atoms with Gasteiger partial charge < -0.3 is 14.6 Å². The number of methoxy groups -OCH3 is 1. The maximum atomic E-state index is 11.1. The van der Waals surface area contributed by atoms with Gasteiger partial charge in [-0.25, -0.2) is 4.79 Å². The van der Waals surface area contributed by atoms with E-state index in [1.807, 2.05) is 24.3 Å². The van der Waals surface area contributed by atoms with Gasteiger partial charge in [-0.3, -0.25) is 0 Å². The lowest BCUT2D eigenvalue weighted by molar-refractivity contribution is -0.148. The third-order valence-electron chi connectivity index (χ3n) is 4.75. The van der Waals surface area contributed by atoms with Crippen LogP contribution in [0.25, 0.3) is 16.7 Å². The molecule has 0 fully saturated rings. The van der Waals surface area contributed by atoms with E-state index in [0.717, 1.165) is 17.7 Å². The number of carboxylic acid groups (broad SMARTS) is 1. The van der Waals surface area contributed by atoms with Gasteiger partial charge in [-0.1, -0.05) is 18.2 Å². The predicted molar refractivity (Wildman–Crippen MR) is 113 cm³/mol. The van der Waals surface area contributed by atoms with E-state index in [4.69, 9.17) is 14.6 Å². The molecule has 1 N–H and O–H groups in total. The van der Waals surface area contributed by atoms with Crippen molar-refractivity contribution in [3.63, 3.8) is 0 Å². The molecule has 0 saturated heterocycles. The Labute approximate surface area is 171 Å². The molecule has 2 aromatic heterocycles. The maximum absolute atomic E-state index is 11.1. The van der Waals surface area contributed by atoms with Crippen LogP contribution in [0, 0.1) is 0 Å². The number of hydrogen-bond acceptors (Lipinski definition) is 5. The number of aliphatic carboxylic acids is 1. The molecule has 0 amide bonds. The van der Waals surface area contributed by atoms with Crippen molar-refractivity contribution in [1.82, 2.24) is 0 Å². The van der Waals surface area contributed by atoms with Crippen molar-refractivity contribution >= 4 is 34.2 Å². The predicted octanol–water partition coefficient (Wildman–Crippen LogP) is 5.33. The molecule has 1 atom stereocenters. The fourth-order valence-corrected chi connectivity index (χ4v) is 5.32. The lowest BCUT2D eigenvalue weighted by Gasteiger charge is -2.11. The summed E-state index contributed by atoms with van der Waals surface area (Å²) >= 11 is 3.58. The topological polar surface area (TPSA) is 55.8 Å². The molecule has 0 saturated carbocycles. The van der Waals surface area contributed by atoms with Crippen molar-refractivity contribution in [2.45, 2.75) is 18.9 Å². The highest BCUT2D eigenvalue weighted by molar-refractivity contribution is 7.15. The molecule has 4 rings (SSSR count). The number of fused-ring (bicyclic) bond motifs is 3. The molecular formula is C22H20O4S2. The van der Waals surface area contributed by atoms with Crippen LogP contribution in [0.3, 0.4) is 0 Å². The Balaban J connectivity index is 1.34. The molecule has 28 heavy (non-hydrogen) atoms. The van der Waals surface area contributed by atoms with E-state index in [2.05, 4.69) is 29.0 Å². The summed E-state index contributed by atoms with van der Waals surface area (Å²) < 4.78 is 10.8. The van der Waals surface area contributed by atoms with E-state index in [9.17, 15) is 4.79 Å². The highest BCUT2D eigenvalue weighted by Crippen LogP contribution is 2.49. The summed E-state index contributed by atoms with van der Waals surface area (Å²) in [5.74, 6) is -0.169. The summed E-state index contributed by atoms with van der Waals surface area (Å²) in [6, 6.07) is 11.9. The van der Waals surface area contributed by atoms with Crippen LogP contribution in [0.1, 0.15) is 21.7 Å². The maximum Gasteiger partial charge on any atom is 0.333 e. The molecule has 6 heteroatoms. The van der Waals surface area contributed by atoms with E-state index in [1.54, 1.807) is 22.7 Å². The Morgan fingerprint density at radius 2 is 1.71 bits per heavy atom. The largest absolute Gasteiger partial charge is 0.493 e. The molecule has 2 heterocycles. The minimum atomic E-state index is -0.953. The normalized spacial score (nSPS) is 13.1. The van der Waals surface area contributed by atoms with Gasteiger partial charge >= 0.3 is 5.97 Å². The smallest absolute Gasteiger partial charge is 0.333 e. The van der Waals surface area contributed by atoms with E-state index in [0.29, 0.717) is 13.0 Å². The zero-order valence-corrected chi connectivity index (χ0v) is 17.0. The SMILES string of the molecule is COC(Cc1ccc(OCCC=C2c3sccc3-c3ccsc32)cc1)C(=O)O. The van der Waals surface area contributed by atoms with Crippen LogP contribution in [-0.2, 0) is 16.0 Å². The Bertz CT molecular complexity index is 955. The van der Waals surface area contributed by atoms with Gasteiger partial charge in [-0.2, -0.15) is 0 Å². The fourth-order valence-electron chi connectivity index (χ4n) is 3.34. The number of ether oxygens (including phenoxy) is 2. The molecule has 0 bridgehead atoms. The molecule has 4 nitrogen and oxygen atoms in total. The standard InChI is InChI=1S/C22H20O4S2/c1-25-19(22(23)24)13-14-4-6-15(7-5-14)26-10-2-3-18-20-16(8-11-27-20)17-9-12-28-21(17)18/h3-9,11-12,19H,2,10,13H2,1H3,(H,23,24). The van der Waals surface area contributed by atoms with Gasteiger partial charge in [0.1, 0.15) is 5.75 Å². The average molecular weight is 413 g/mol. The molecule has 1 aliphatic carbocycles. The minimum absolute atomic E-state index is 0.338. The molecule has 1 aromatic carbocycles. The molecule has 0 aliphatic heterocycles. The Morgan fingerprint density at radius 3 is 2.29 bits per heavy atom. The molecule has 0 spiro atoms. The summed E-state index contributed by atoms with van der Waals surface area (Å²) in [5, 5.41) is 13.4. The van der Waals surface area contributed by atoms with Crippen LogP contribution in [0.5, 0.6) is 5.75 Å². The monoisotopic (exact) mass is 412 g/mol. The molecule has 144 valence electrons. The van der Waals surface area contributed by atoms with Gasteiger partial charge in [0.25, 0.3) is 0 Å². The quantitative estimate of drug-likeness (QED) is 0.397.